The summed E-state index contributed by atoms with van der Waals surface area (Å²) in [5.74, 6) is -0.184. The number of carbonyl (C=O) groups is 2. The quantitative estimate of drug-likeness (QED) is 0.467. The van der Waals surface area contributed by atoms with Crippen molar-refractivity contribution in [2.45, 2.75) is 83.9 Å². The monoisotopic (exact) mass is 541 g/mol. The molecular formula is C31H44FN3O4. The molecule has 8 heteroatoms. The first kappa shape index (κ1) is 30.6. The van der Waals surface area contributed by atoms with Gasteiger partial charge >= 0.3 is 0 Å². The van der Waals surface area contributed by atoms with Crippen LogP contribution in [0.15, 0.2) is 42.5 Å². The molecule has 2 aromatic carbocycles. The second-order valence-electron chi connectivity index (χ2n) is 10.3. The van der Waals surface area contributed by atoms with E-state index >= 15 is 0 Å². The predicted molar refractivity (Wildman–Crippen MR) is 151 cm³/mol. The van der Waals surface area contributed by atoms with Gasteiger partial charge < -0.3 is 25.4 Å². The van der Waals surface area contributed by atoms with Crippen LogP contribution in [-0.4, -0.2) is 60.2 Å². The van der Waals surface area contributed by atoms with E-state index in [9.17, 15) is 19.1 Å². The number of nitrogens with one attached hydrogen (secondary N) is 2. The van der Waals surface area contributed by atoms with E-state index in [0.717, 1.165) is 31.2 Å². The minimum Gasteiger partial charge on any atom is -0.493 e. The van der Waals surface area contributed by atoms with Crippen molar-refractivity contribution in [1.29, 1.82) is 0 Å². The average Bonchev–Trinajstić information content (AvgIpc) is 2.91. The molecule has 0 spiro atoms. The zero-order chi connectivity index (χ0) is 28.0. The van der Waals surface area contributed by atoms with Gasteiger partial charge in [0.15, 0.2) is 0 Å². The SMILES string of the molecule is CCCN1CCCCOc2cc(F)cc(c2)C[C@@H]([C@H](O)CNCc2cccc(CC)c2)NC(=O)CCCC1=O. The van der Waals surface area contributed by atoms with Gasteiger partial charge in [-0.3, -0.25) is 9.59 Å². The topological polar surface area (TPSA) is 90.9 Å². The molecule has 2 bridgehead atoms. The Balaban J connectivity index is 1.71. The number of carbonyl (C=O) groups excluding carboxylic acids is 2. The fraction of sp³-hybridized carbons (Fsp3) is 0.548. The van der Waals surface area contributed by atoms with Gasteiger partial charge in [-0.2, -0.15) is 0 Å². The molecule has 3 rings (SSSR count). The molecule has 2 amide bonds. The third-order valence-electron chi connectivity index (χ3n) is 7.01. The van der Waals surface area contributed by atoms with Gasteiger partial charge in [0.1, 0.15) is 11.6 Å². The van der Waals surface area contributed by atoms with Gasteiger partial charge in [0.05, 0.1) is 18.8 Å². The molecule has 1 aliphatic heterocycles. The van der Waals surface area contributed by atoms with Crippen LogP contribution < -0.4 is 15.4 Å². The maximum atomic E-state index is 14.4. The highest BCUT2D eigenvalue weighted by Crippen LogP contribution is 2.19. The fourth-order valence-electron chi connectivity index (χ4n) is 4.89. The Morgan fingerprint density at radius 2 is 1.92 bits per heavy atom. The van der Waals surface area contributed by atoms with E-state index in [1.165, 1.54) is 17.7 Å². The molecule has 2 aromatic rings. The second kappa shape index (κ2) is 16.2. The van der Waals surface area contributed by atoms with Gasteiger partial charge in [-0.25, -0.2) is 4.39 Å². The highest BCUT2D eigenvalue weighted by molar-refractivity contribution is 5.79. The van der Waals surface area contributed by atoms with Gasteiger partial charge in [0.25, 0.3) is 0 Å². The second-order valence-corrected chi connectivity index (χ2v) is 10.3. The number of hydrogen-bond donors (Lipinski definition) is 3. The molecule has 0 saturated heterocycles. The summed E-state index contributed by atoms with van der Waals surface area (Å²) in [6, 6.07) is 12.2. The van der Waals surface area contributed by atoms with E-state index in [2.05, 4.69) is 29.7 Å². The summed E-state index contributed by atoms with van der Waals surface area (Å²) >= 11 is 0. The van der Waals surface area contributed by atoms with E-state index in [-0.39, 0.29) is 31.2 Å². The number of aliphatic hydroxyl groups excluding tert-OH is 1. The van der Waals surface area contributed by atoms with Gasteiger partial charge in [-0.05, 0) is 67.3 Å². The summed E-state index contributed by atoms with van der Waals surface area (Å²) in [4.78, 5) is 27.4. The summed E-state index contributed by atoms with van der Waals surface area (Å²) in [7, 11) is 0. The number of aryl methyl sites for hydroxylation is 1. The first-order valence-corrected chi connectivity index (χ1v) is 14.3. The lowest BCUT2D eigenvalue weighted by Crippen LogP contribution is -2.48. The number of aliphatic hydroxyl groups is 1. The van der Waals surface area contributed by atoms with Gasteiger partial charge in [0, 0.05) is 45.1 Å². The Morgan fingerprint density at radius 3 is 2.72 bits per heavy atom. The fourth-order valence-corrected chi connectivity index (χ4v) is 4.89. The van der Waals surface area contributed by atoms with Crippen LogP contribution in [0.1, 0.15) is 69.1 Å². The first-order valence-electron chi connectivity index (χ1n) is 14.3. The smallest absolute Gasteiger partial charge is 0.222 e. The van der Waals surface area contributed by atoms with Gasteiger partial charge in [-0.15, -0.1) is 0 Å². The number of hydrogen-bond acceptors (Lipinski definition) is 5. The number of amides is 2. The minimum atomic E-state index is -0.903. The molecule has 39 heavy (non-hydrogen) atoms. The van der Waals surface area contributed by atoms with E-state index in [0.29, 0.717) is 50.4 Å². The van der Waals surface area contributed by atoms with Crippen molar-refractivity contribution in [2.75, 3.05) is 26.2 Å². The molecule has 1 heterocycles. The summed E-state index contributed by atoms with van der Waals surface area (Å²) in [5.41, 5.74) is 3.00. The number of halogens is 1. The highest BCUT2D eigenvalue weighted by Gasteiger charge is 2.23. The zero-order valence-corrected chi connectivity index (χ0v) is 23.4. The molecule has 214 valence electrons. The van der Waals surface area contributed by atoms with Gasteiger partial charge in [-0.1, -0.05) is 38.1 Å². The Labute approximate surface area is 232 Å². The van der Waals surface area contributed by atoms with Crippen molar-refractivity contribution in [3.63, 3.8) is 0 Å². The maximum absolute atomic E-state index is 14.4. The third-order valence-corrected chi connectivity index (χ3v) is 7.01. The molecule has 0 fully saturated rings. The van der Waals surface area contributed by atoms with E-state index in [4.69, 9.17) is 4.74 Å². The Morgan fingerprint density at radius 1 is 1.10 bits per heavy atom. The van der Waals surface area contributed by atoms with Crippen molar-refractivity contribution in [3.8, 4) is 5.75 Å². The number of nitrogens with zero attached hydrogens (tertiary/aromatic N) is 1. The Bertz CT molecular complexity index is 1060. The van der Waals surface area contributed by atoms with E-state index in [1.54, 1.807) is 6.07 Å². The van der Waals surface area contributed by atoms with Gasteiger partial charge in [0.2, 0.25) is 11.8 Å². The molecule has 3 N–H and O–H groups in total. The number of benzene rings is 2. The van der Waals surface area contributed by atoms with Crippen LogP contribution in [0, 0.1) is 5.82 Å². The molecular weight excluding hydrogens is 497 g/mol. The summed E-state index contributed by atoms with van der Waals surface area (Å²) < 4.78 is 20.3. The number of ether oxygens (including phenoxy) is 1. The largest absolute Gasteiger partial charge is 0.493 e. The van der Waals surface area contributed by atoms with Crippen LogP contribution in [-0.2, 0) is 29.0 Å². The maximum Gasteiger partial charge on any atom is 0.222 e. The molecule has 1 aliphatic rings. The first-order chi connectivity index (χ1) is 18.9. The Kier molecular flexibility index (Phi) is 12.7. The van der Waals surface area contributed by atoms with E-state index in [1.807, 2.05) is 24.0 Å². The van der Waals surface area contributed by atoms with Crippen LogP contribution in [0.4, 0.5) is 4.39 Å². The number of rotatable bonds is 8. The molecule has 0 unspecified atom stereocenters. The van der Waals surface area contributed by atoms with Crippen LogP contribution in [0.5, 0.6) is 5.75 Å². The van der Waals surface area contributed by atoms with E-state index < -0.39 is 18.0 Å². The standard InChI is InChI=1S/C31H44FN3O4/c1-3-13-35-14-5-6-15-39-27-18-25(17-26(32)20-27)19-28(34-30(37)11-8-12-31(35)38)29(36)22-33-21-24-10-7-9-23(4-2)16-24/h7,9-10,16-18,20,28-29,33,36H,3-6,8,11-15,19,21-22H2,1-2H3,(H,34,37)/t28-,29+/m0/s1. The van der Waals surface area contributed by atoms with Crippen molar-refractivity contribution >= 4 is 11.8 Å². The number of fused-ring (bicyclic) bond motifs is 2. The molecule has 7 nitrogen and oxygen atoms in total. The summed E-state index contributed by atoms with van der Waals surface area (Å²) in [6.45, 7) is 6.73. The van der Waals surface area contributed by atoms with Crippen LogP contribution in [0.25, 0.3) is 0 Å². The van der Waals surface area contributed by atoms with Crippen molar-refractivity contribution < 1.29 is 23.8 Å². The lowest BCUT2D eigenvalue weighted by atomic mass is 10.00. The highest BCUT2D eigenvalue weighted by atomic mass is 19.1. The Hall–Kier alpha value is -2.97. The third kappa shape index (κ3) is 10.6. The normalized spacial score (nSPS) is 18.7. The molecule has 2 atom stereocenters. The lowest BCUT2D eigenvalue weighted by molar-refractivity contribution is -0.131. The van der Waals surface area contributed by atoms with Crippen molar-refractivity contribution in [3.05, 3.63) is 65.0 Å². The molecule has 0 aromatic heterocycles. The summed E-state index contributed by atoms with van der Waals surface area (Å²) in [5, 5.41) is 17.3. The van der Waals surface area contributed by atoms with Crippen LogP contribution in [0.2, 0.25) is 0 Å². The van der Waals surface area contributed by atoms with Crippen LogP contribution in [0.3, 0.4) is 0 Å². The molecule has 0 saturated carbocycles. The summed E-state index contributed by atoms with van der Waals surface area (Å²) in [6.07, 6.45) is 3.62. The van der Waals surface area contributed by atoms with Crippen molar-refractivity contribution in [2.24, 2.45) is 0 Å². The van der Waals surface area contributed by atoms with Crippen LogP contribution >= 0.6 is 0 Å². The predicted octanol–water partition coefficient (Wildman–Crippen LogP) is 4.15. The minimum absolute atomic E-state index is 0.0523. The molecule has 0 radical (unpaired) electrons. The lowest BCUT2D eigenvalue weighted by Gasteiger charge is -2.25. The average molecular weight is 542 g/mol. The zero-order valence-electron chi connectivity index (χ0n) is 23.4. The van der Waals surface area contributed by atoms with Crippen molar-refractivity contribution in [1.82, 2.24) is 15.5 Å². The molecule has 0 aliphatic carbocycles.